The van der Waals surface area contributed by atoms with Crippen LogP contribution < -0.4 is 9.54 Å². The lowest BCUT2D eigenvalue weighted by Gasteiger charge is -2.14. The summed E-state index contributed by atoms with van der Waals surface area (Å²) >= 11 is 1.30. The van der Waals surface area contributed by atoms with Crippen LogP contribution in [0.25, 0.3) is 10.2 Å². The Hall–Kier alpha value is -2.93. The van der Waals surface area contributed by atoms with Gasteiger partial charge in [0.05, 0.1) is 16.3 Å². The summed E-state index contributed by atoms with van der Waals surface area (Å²) < 4.78 is 8.24. The number of aromatic nitrogens is 1. The lowest BCUT2D eigenvalue weighted by molar-refractivity contribution is -0.140. The summed E-state index contributed by atoms with van der Waals surface area (Å²) in [6, 6.07) is 11.8. The average molecular weight is 413 g/mol. The number of carbonyl (C=O) groups is 2. The molecule has 152 valence electrons. The molecule has 7 heteroatoms. The predicted molar refractivity (Wildman–Crippen MR) is 114 cm³/mol. The van der Waals surface area contributed by atoms with Crippen molar-refractivity contribution < 1.29 is 19.4 Å². The zero-order valence-electron chi connectivity index (χ0n) is 16.9. The molecule has 6 nitrogen and oxygen atoms in total. The molecule has 0 spiro atoms. The van der Waals surface area contributed by atoms with Crippen LogP contribution in [0.4, 0.5) is 0 Å². The van der Waals surface area contributed by atoms with E-state index in [9.17, 15) is 14.7 Å². The minimum absolute atomic E-state index is 0.00625. The maximum absolute atomic E-state index is 12.7. The predicted octanol–water partition coefficient (Wildman–Crippen LogP) is 4.58. The molecule has 1 heterocycles. The van der Waals surface area contributed by atoms with Gasteiger partial charge in [-0.25, -0.2) is 4.79 Å². The van der Waals surface area contributed by atoms with Crippen molar-refractivity contribution in [3.05, 3.63) is 58.4 Å². The number of hydrogen-bond donors (Lipinski definition) is 1. The Morgan fingerprint density at radius 3 is 2.45 bits per heavy atom. The van der Waals surface area contributed by atoms with E-state index < -0.39 is 17.9 Å². The van der Waals surface area contributed by atoms with Crippen LogP contribution in [0.5, 0.6) is 5.75 Å². The number of benzene rings is 2. The number of rotatable bonds is 6. The highest BCUT2D eigenvalue weighted by Crippen LogP contribution is 2.27. The van der Waals surface area contributed by atoms with Crippen LogP contribution in [0.1, 0.15) is 49.2 Å². The van der Waals surface area contributed by atoms with E-state index in [2.05, 4.69) is 4.99 Å². The fourth-order valence-electron chi connectivity index (χ4n) is 3.06. The number of amides is 1. The number of carbonyl (C=O) groups excluding carboxylic acids is 1. The number of thiazole rings is 1. The number of carboxylic acids is 1. The summed E-state index contributed by atoms with van der Waals surface area (Å²) in [5.41, 5.74) is 2.21. The molecule has 1 aromatic heterocycles. The van der Waals surface area contributed by atoms with Crippen LogP contribution in [0, 0.1) is 6.92 Å². The number of carboxylic acid groups (broad SMARTS) is 1. The molecule has 1 unspecified atom stereocenters. The van der Waals surface area contributed by atoms with Gasteiger partial charge in [-0.15, -0.1) is 0 Å². The van der Waals surface area contributed by atoms with Gasteiger partial charge in [0.15, 0.2) is 4.80 Å². The first-order chi connectivity index (χ1) is 13.8. The Labute approximate surface area is 173 Å². The third-order valence-corrected chi connectivity index (χ3v) is 5.48. The van der Waals surface area contributed by atoms with E-state index in [1.54, 1.807) is 23.6 Å². The molecule has 0 bridgehead atoms. The first kappa shape index (κ1) is 20.8. The van der Waals surface area contributed by atoms with E-state index in [1.165, 1.54) is 11.3 Å². The zero-order chi connectivity index (χ0) is 21.1. The van der Waals surface area contributed by atoms with Crippen LogP contribution in [-0.2, 0) is 4.79 Å². The minimum Gasteiger partial charge on any atom is -0.491 e. The smallest absolute Gasteiger partial charge is 0.326 e. The second kappa shape index (κ2) is 8.61. The first-order valence-corrected chi connectivity index (χ1v) is 10.3. The summed E-state index contributed by atoms with van der Waals surface area (Å²) in [6.07, 6.45) is 0.357. The molecule has 0 saturated heterocycles. The zero-order valence-corrected chi connectivity index (χ0v) is 17.7. The van der Waals surface area contributed by atoms with Gasteiger partial charge >= 0.3 is 5.97 Å². The highest BCUT2D eigenvalue weighted by molar-refractivity contribution is 7.16. The fourth-order valence-corrected chi connectivity index (χ4v) is 4.11. The van der Waals surface area contributed by atoms with E-state index in [4.69, 9.17) is 4.74 Å². The van der Waals surface area contributed by atoms with Gasteiger partial charge < -0.3 is 14.4 Å². The third-order valence-electron chi connectivity index (χ3n) is 4.45. The van der Waals surface area contributed by atoms with E-state index in [0.717, 1.165) is 10.3 Å². The maximum atomic E-state index is 12.7. The topological polar surface area (TPSA) is 80.9 Å². The van der Waals surface area contributed by atoms with Crippen molar-refractivity contribution in [1.29, 1.82) is 0 Å². The maximum Gasteiger partial charge on any atom is 0.326 e. The van der Waals surface area contributed by atoms with Crippen molar-refractivity contribution in [3.63, 3.8) is 0 Å². The van der Waals surface area contributed by atoms with Crippen molar-refractivity contribution in [2.45, 2.75) is 46.3 Å². The molecular formula is C22H24N2O4S. The molecule has 0 saturated carbocycles. The molecule has 1 amide bonds. The summed E-state index contributed by atoms with van der Waals surface area (Å²) in [6.45, 7) is 7.61. The van der Waals surface area contributed by atoms with Crippen LogP contribution >= 0.6 is 11.3 Å². The van der Waals surface area contributed by atoms with Crippen LogP contribution in [0.2, 0.25) is 0 Å². The molecule has 3 rings (SSSR count). The van der Waals surface area contributed by atoms with E-state index in [0.29, 0.717) is 28.1 Å². The Bertz CT molecular complexity index is 1110. The number of aryl methyl sites for hydroxylation is 1. The van der Waals surface area contributed by atoms with Crippen molar-refractivity contribution >= 4 is 33.4 Å². The molecule has 3 aromatic rings. The Balaban J connectivity index is 2.20. The Morgan fingerprint density at radius 1 is 1.17 bits per heavy atom. The van der Waals surface area contributed by atoms with Gasteiger partial charge in [-0.1, -0.05) is 36.0 Å². The molecular weight excluding hydrogens is 388 g/mol. The lowest BCUT2D eigenvalue weighted by Crippen LogP contribution is -2.27. The van der Waals surface area contributed by atoms with Crippen LogP contribution in [-0.4, -0.2) is 27.7 Å². The Morgan fingerprint density at radius 2 is 1.86 bits per heavy atom. The summed E-state index contributed by atoms with van der Waals surface area (Å²) in [4.78, 5) is 29.2. The van der Waals surface area contributed by atoms with E-state index in [-0.39, 0.29) is 6.10 Å². The summed E-state index contributed by atoms with van der Waals surface area (Å²) in [7, 11) is 0. The van der Waals surface area contributed by atoms with Crippen LogP contribution in [0.15, 0.2) is 47.5 Å². The number of ether oxygens (including phenoxy) is 1. The van der Waals surface area contributed by atoms with Crippen LogP contribution in [0.3, 0.4) is 0 Å². The molecule has 0 fully saturated rings. The molecule has 0 radical (unpaired) electrons. The largest absolute Gasteiger partial charge is 0.491 e. The second-order valence-electron chi connectivity index (χ2n) is 7.10. The standard InChI is InChI=1S/C22H24N2O4S/c1-5-17(21(26)27)24-18-12-16(28-13(2)3)10-11-19(18)29-22(24)23-20(25)15-8-6-14(4)7-9-15/h6-13,17H,5H2,1-4H3,(H,26,27). The molecule has 0 aliphatic carbocycles. The second-order valence-corrected chi connectivity index (χ2v) is 8.11. The van der Waals surface area contributed by atoms with Gasteiger partial charge in [0, 0.05) is 11.6 Å². The molecule has 0 aliphatic heterocycles. The number of fused-ring (bicyclic) bond motifs is 1. The molecule has 29 heavy (non-hydrogen) atoms. The fraction of sp³-hybridized carbons (Fsp3) is 0.318. The monoisotopic (exact) mass is 412 g/mol. The van der Waals surface area contributed by atoms with Gasteiger partial charge in [0.25, 0.3) is 5.91 Å². The SMILES string of the molecule is CCC(C(=O)O)n1c(=NC(=O)c2ccc(C)cc2)sc2ccc(OC(C)C)cc21. The number of aliphatic carboxylic acids is 1. The molecule has 0 aliphatic rings. The third kappa shape index (κ3) is 4.56. The van der Waals surface area contributed by atoms with E-state index >= 15 is 0 Å². The average Bonchev–Trinajstić information content (AvgIpc) is 2.99. The van der Waals surface area contributed by atoms with E-state index in [1.807, 2.05) is 51.1 Å². The van der Waals surface area contributed by atoms with Crippen molar-refractivity contribution in [2.24, 2.45) is 4.99 Å². The molecule has 2 aromatic carbocycles. The quantitative estimate of drug-likeness (QED) is 0.643. The normalized spacial score (nSPS) is 13.1. The summed E-state index contributed by atoms with van der Waals surface area (Å²) in [5.74, 6) is -0.716. The first-order valence-electron chi connectivity index (χ1n) is 9.50. The molecule has 1 N–H and O–H groups in total. The summed E-state index contributed by atoms with van der Waals surface area (Å²) in [5, 5.41) is 9.75. The highest BCUT2D eigenvalue weighted by atomic mass is 32.1. The number of nitrogens with zero attached hydrogens (tertiary/aromatic N) is 2. The van der Waals surface area contributed by atoms with Gasteiger partial charge in [0.1, 0.15) is 11.8 Å². The van der Waals surface area contributed by atoms with Crippen molar-refractivity contribution in [3.8, 4) is 5.75 Å². The Kier molecular flexibility index (Phi) is 6.17. The lowest BCUT2D eigenvalue weighted by atomic mass is 10.1. The van der Waals surface area contributed by atoms with Gasteiger partial charge in [-0.3, -0.25) is 4.79 Å². The number of hydrogen-bond acceptors (Lipinski definition) is 4. The minimum atomic E-state index is -0.966. The van der Waals surface area contributed by atoms with Crippen molar-refractivity contribution in [2.75, 3.05) is 0 Å². The highest BCUT2D eigenvalue weighted by Gasteiger charge is 2.22. The molecule has 1 atom stereocenters. The van der Waals surface area contributed by atoms with Gasteiger partial charge in [-0.2, -0.15) is 4.99 Å². The van der Waals surface area contributed by atoms with Gasteiger partial charge in [0.2, 0.25) is 0 Å². The van der Waals surface area contributed by atoms with Crippen molar-refractivity contribution in [1.82, 2.24) is 4.57 Å². The van der Waals surface area contributed by atoms with Gasteiger partial charge in [-0.05, 0) is 51.5 Å².